The van der Waals surface area contributed by atoms with Gasteiger partial charge in [0, 0.05) is 44.6 Å². The SMILES string of the molecule is CC1=C(C)C(=O)C(CCCCCC2=C(C)C(=O)C(C)=C(C)C2=O)=C(C)C1=O. The zero-order chi connectivity index (χ0) is 20.5. The van der Waals surface area contributed by atoms with Crippen molar-refractivity contribution in [2.75, 3.05) is 0 Å². The van der Waals surface area contributed by atoms with Crippen LogP contribution in [-0.4, -0.2) is 23.1 Å². The summed E-state index contributed by atoms with van der Waals surface area (Å²) < 4.78 is 0. The Balaban J connectivity index is 1.94. The predicted molar refractivity (Wildman–Crippen MR) is 105 cm³/mol. The van der Waals surface area contributed by atoms with Crippen LogP contribution in [0.5, 0.6) is 0 Å². The molecule has 0 fully saturated rings. The molecule has 4 nitrogen and oxygen atoms in total. The Morgan fingerprint density at radius 3 is 1.04 bits per heavy atom. The molecular weight excluding hydrogens is 340 g/mol. The second-order valence-corrected chi connectivity index (χ2v) is 7.58. The van der Waals surface area contributed by atoms with Crippen molar-refractivity contribution in [3.63, 3.8) is 0 Å². The topological polar surface area (TPSA) is 68.3 Å². The number of carbonyl (C=O) groups is 4. The Bertz CT molecular complexity index is 800. The highest BCUT2D eigenvalue weighted by Crippen LogP contribution is 2.29. The molecule has 144 valence electrons. The van der Waals surface area contributed by atoms with Crippen LogP contribution in [0.1, 0.15) is 73.6 Å². The van der Waals surface area contributed by atoms with Gasteiger partial charge in [-0.2, -0.15) is 0 Å². The van der Waals surface area contributed by atoms with Gasteiger partial charge in [0.1, 0.15) is 0 Å². The number of hydrogen-bond donors (Lipinski definition) is 0. The van der Waals surface area contributed by atoms with Crippen LogP contribution in [-0.2, 0) is 19.2 Å². The average Bonchev–Trinajstić information content (AvgIpc) is 2.66. The maximum absolute atomic E-state index is 12.4. The molecule has 0 spiro atoms. The van der Waals surface area contributed by atoms with Crippen molar-refractivity contribution in [2.45, 2.75) is 73.6 Å². The second kappa shape index (κ2) is 8.12. The van der Waals surface area contributed by atoms with Crippen LogP contribution < -0.4 is 0 Å². The molecule has 2 rings (SSSR count). The minimum Gasteiger partial charge on any atom is -0.289 e. The van der Waals surface area contributed by atoms with Crippen molar-refractivity contribution in [2.24, 2.45) is 0 Å². The summed E-state index contributed by atoms with van der Waals surface area (Å²) in [6.07, 6.45) is 3.54. The molecule has 0 aromatic heterocycles. The van der Waals surface area contributed by atoms with Gasteiger partial charge in [-0.15, -0.1) is 0 Å². The summed E-state index contributed by atoms with van der Waals surface area (Å²) in [5, 5.41) is 0. The zero-order valence-corrected chi connectivity index (χ0v) is 17.2. The Kier molecular flexibility index (Phi) is 6.30. The van der Waals surface area contributed by atoms with Crippen LogP contribution >= 0.6 is 0 Å². The van der Waals surface area contributed by atoms with E-state index in [0.717, 1.165) is 19.3 Å². The van der Waals surface area contributed by atoms with Crippen molar-refractivity contribution in [3.8, 4) is 0 Å². The van der Waals surface area contributed by atoms with Crippen molar-refractivity contribution >= 4 is 23.1 Å². The fourth-order valence-corrected chi connectivity index (χ4v) is 3.69. The third kappa shape index (κ3) is 3.85. The van der Waals surface area contributed by atoms with Gasteiger partial charge in [-0.3, -0.25) is 19.2 Å². The Morgan fingerprint density at radius 1 is 0.407 bits per heavy atom. The molecule has 2 aliphatic carbocycles. The standard InChI is InChI=1S/C23H28O4/c1-12-14(3)22(26)18(16(5)20(12)24)10-8-7-9-11-19-17(6)21(25)13(2)15(4)23(19)27/h7-11H2,1-6H3. The van der Waals surface area contributed by atoms with Gasteiger partial charge in [0.05, 0.1) is 0 Å². The first-order valence-corrected chi connectivity index (χ1v) is 9.52. The van der Waals surface area contributed by atoms with E-state index in [0.29, 0.717) is 57.4 Å². The predicted octanol–water partition coefficient (Wildman–Crippen LogP) is 4.55. The molecule has 2 aliphatic rings. The van der Waals surface area contributed by atoms with E-state index < -0.39 is 0 Å². The molecule has 0 unspecified atom stereocenters. The number of hydrogen-bond acceptors (Lipinski definition) is 4. The number of Topliss-reactive ketones (excluding diaryl/α,β-unsaturated/α-hetero) is 4. The molecule has 0 heterocycles. The Hall–Kier alpha value is -2.36. The van der Waals surface area contributed by atoms with E-state index >= 15 is 0 Å². The molecule has 0 atom stereocenters. The average molecular weight is 368 g/mol. The molecule has 0 amide bonds. The highest BCUT2D eigenvalue weighted by atomic mass is 16.1. The highest BCUT2D eigenvalue weighted by molar-refractivity contribution is 6.25. The molecule has 27 heavy (non-hydrogen) atoms. The largest absolute Gasteiger partial charge is 0.289 e. The van der Waals surface area contributed by atoms with Crippen molar-refractivity contribution in [1.82, 2.24) is 0 Å². The van der Waals surface area contributed by atoms with Gasteiger partial charge >= 0.3 is 0 Å². The van der Waals surface area contributed by atoms with E-state index in [2.05, 4.69) is 0 Å². The van der Waals surface area contributed by atoms with Crippen molar-refractivity contribution in [3.05, 3.63) is 44.6 Å². The minimum atomic E-state index is -0.0353. The van der Waals surface area contributed by atoms with Crippen LogP contribution in [0.15, 0.2) is 44.6 Å². The van der Waals surface area contributed by atoms with E-state index in [1.165, 1.54) is 0 Å². The normalized spacial score (nSPS) is 19.2. The van der Waals surface area contributed by atoms with Crippen LogP contribution in [0.4, 0.5) is 0 Å². The van der Waals surface area contributed by atoms with E-state index in [4.69, 9.17) is 0 Å². The van der Waals surface area contributed by atoms with Gasteiger partial charge in [0.2, 0.25) is 0 Å². The smallest absolute Gasteiger partial charge is 0.185 e. The molecule has 0 aromatic carbocycles. The molecule has 0 N–H and O–H groups in total. The van der Waals surface area contributed by atoms with Crippen LogP contribution in [0.25, 0.3) is 0 Å². The van der Waals surface area contributed by atoms with Crippen molar-refractivity contribution < 1.29 is 19.2 Å². The van der Waals surface area contributed by atoms with E-state index in [1.54, 1.807) is 41.5 Å². The zero-order valence-electron chi connectivity index (χ0n) is 17.2. The summed E-state index contributed by atoms with van der Waals surface area (Å²) in [6.45, 7) is 10.3. The fraction of sp³-hybridized carbons (Fsp3) is 0.478. The third-order valence-electron chi connectivity index (χ3n) is 5.98. The first-order chi connectivity index (χ1) is 12.6. The number of rotatable bonds is 6. The highest BCUT2D eigenvalue weighted by Gasteiger charge is 2.28. The quantitative estimate of drug-likeness (QED) is 0.510. The van der Waals surface area contributed by atoms with E-state index in [1.807, 2.05) is 0 Å². The number of allylic oxidation sites excluding steroid dienone is 8. The summed E-state index contributed by atoms with van der Waals surface area (Å²) in [5.74, 6) is -0.112. The first kappa shape index (κ1) is 20.9. The lowest BCUT2D eigenvalue weighted by atomic mass is 9.82. The third-order valence-corrected chi connectivity index (χ3v) is 5.98. The van der Waals surface area contributed by atoms with E-state index in [-0.39, 0.29) is 23.1 Å². The monoisotopic (exact) mass is 368 g/mol. The fourth-order valence-electron chi connectivity index (χ4n) is 3.69. The molecule has 4 heteroatoms. The Morgan fingerprint density at radius 2 is 0.704 bits per heavy atom. The molecule has 0 aromatic rings. The maximum Gasteiger partial charge on any atom is 0.185 e. The van der Waals surface area contributed by atoms with E-state index in [9.17, 15) is 19.2 Å². The Labute approximate surface area is 161 Å². The van der Waals surface area contributed by atoms with Gasteiger partial charge in [0.15, 0.2) is 23.1 Å². The molecule has 0 saturated heterocycles. The molecule has 0 aliphatic heterocycles. The summed E-state index contributed by atoms with van der Waals surface area (Å²) in [4.78, 5) is 49.3. The van der Waals surface area contributed by atoms with Crippen LogP contribution in [0.2, 0.25) is 0 Å². The van der Waals surface area contributed by atoms with Crippen LogP contribution in [0.3, 0.4) is 0 Å². The lowest BCUT2D eigenvalue weighted by Crippen LogP contribution is -2.21. The maximum atomic E-state index is 12.4. The second-order valence-electron chi connectivity index (χ2n) is 7.58. The van der Waals surface area contributed by atoms with Gasteiger partial charge < -0.3 is 0 Å². The molecular formula is C23H28O4. The number of carbonyl (C=O) groups excluding carboxylic acids is 4. The summed E-state index contributed by atoms with van der Waals surface area (Å²) in [6, 6.07) is 0. The van der Waals surface area contributed by atoms with Crippen molar-refractivity contribution in [1.29, 1.82) is 0 Å². The summed E-state index contributed by atoms with van der Waals surface area (Å²) in [7, 11) is 0. The minimum absolute atomic E-state index is 0.0209. The molecule has 0 radical (unpaired) electrons. The lowest BCUT2D eigenvalue weighted by Gasteiger charge is -2.19. The van der Waals surface area contributed by atoms with Gasteiger partial charge in [0.25, 0.3) is 0 Å². The van der Waals surface area contributed by atoms with Gasteiger partial charge in [-0.05, 0) is 67.2 Å². The number of ketones is 4. The summed E-state index contributed by atoms with van der Waals surface area (Å²) in [5.41, 5.74) is 4.55. The first-order valence-electron chi connectivity index (χ1n) is 9.52. The molecule has 0 saturated carbocycles. The lowest BCUT2D eigenvalue weighted by molar-refractivity contribution is -0.116. The van der Waals surface area contributed by atoms with Gasteiger partial charge in [-0.1, -0.05) is 6.42 Å². The number of unbranched alkanes of at least 4 members (excludes halogenated alkanes) is 2. The molecule has 0 bridgehead atoms. The van der Waals surface area contributed by atoms with Crippen LogP contribution in [0, 0.1) is 0 Å². The summed E-state index contributed by atoms with van der Waals surface area (Å²) >= 11 is 0. The van der Waals surface area contributed by atoms with Gasteiger partial charge in [-0.25, -0.2) is 0 Å².